The van der Waals surface area contributed by atoms with Gasteiger partial charge < -0.3 is 34.1 Å². The number of hydrogen-bond donors (Lipinski definition) is 0. The molecule has 2 rings (SSSR count). The number of hydrogen-bond acceptors (Lipinski definition) is 2. The number of aryl methyl sites for hydroxylation is 2. The van der Waals surface area contributed by atoms with Crippen molar-refractivity contribution in [2.75, 3.05) is 0 Å². The van der Waals surface area contributed by atoms with Crippen LogP contribution in [-0.2, 0) is 42.9 Å². The van der Waals surface area contributed by atoms with Crippen molar-refractivity contribution in [3.8, 4) is 0 Å². The molecule has 23 heavy (non-hydrogen) atoms. The normalized spacial score (nSPS) is 8.48. The first kappa shape index (κ1) is 28.6. The fraction of sp³-hybridized carbons (Fsp3) is 0.278. The molecule has 0 spiro atoms. The average molecular weight is 553 g/mol. The molecule has 0 N–H and O–H groups in total. The van der Waals surface area contributed by atoms with E-state index in [4.69, 9.17) is 25.3 Å². The minimum absolute atomic E-state index is 0. The molecule has 0 aliphatic carbocycles. The summed E-state index contributed by atoms with van der Waals surface area (Å²) in [4.78, 5) is 1.56. The van der Waals surface area contributed by atoms with Crippen molar-refractivity contribution >= 4 is 34.9 Å². The van der Waals surface area contributed by atoms with Crippen molar-refractivity contribution in [1.82, 2.24) is 0 Å². The van der Waals surface area contributed by atoms with Gasteiger partial charge in [-0.05, 0) is 25.3 Å². The predicted octanol–water partition coefficient (Wildman–Crippen LogP) is 3.18. The molecule has 0 aliphatic heterocycles. The predicted molar refractivity (Wildman–Crippen MR) is 101 cm³/mol. The Bertz CT molecular complexity index is 537. The van der Waals surface area contributed by atoms with Crippen LogP contribution in [-0.4, -0.2) is 0 Å². The summed E-state index contributed by atoms with van der Waals surface area (Å²) in [6, 6.07) is 14.5. The fourth-order valence-electron chi connectivity index (χ4n) is 1.57. The van der Waals surface area contributed by atoms with Crippen LogP contribution in [0, 0.1) is 21.3 Å². The topological polar surface area (TPSA) is 0 Å². The van der Waals surface area contributed by atoms with Gasteiger partial charge in [-0.15, -0.1) is 0 Å². The third-order valence-corrected chi connectivity index (χ3v) is 3.67. The smallest absolute Gasteiger partial charge is 1.00 e. The molecule has 0 aliphatic rings. The summed E-state index contributed by atoms with van der Waals surface area (Å²) in [6.45, 7) is 8.55. The minimum atomic E-state index is 0. The zero-order chi connectivity index (χ0) is 16.4. The number of benzene rings is 2. The Hall–Kier alpha value is 0.806. The second kappa shape index (κ2) is 16.3. The molecule has 0 nitrogen and oxygen atoms in total. The first-order chi connectivity index (χ1) is 9.90. The van der Waals surface area contributed by atoms with Crippen LogP contribution in [0.5, 0.6) is 0 Å². The van der Waals surface area contributed by atoms with Crippen LogP contribution >= 0.6 is 9.64 Å². The van der Waals surface area contributed by atoms with Crippen molar-refractivity contribution < 1.29 is 48.6 Å². The molecule has 127 valence electrons. The van der Waals surface area contributed by atoms with Gasteiger partial charge in [0.05, 0.1) is 0 Å². The maximum atomic E-state index is 4.94. The van der Waals surface area contributed by atoms with Gasteiger partial charge in [-0.3, -0.25) is 0 Å². The van der Waals surface area contributed by atoms with Crippen LogP contribution in [0.15, 0.2) is 52.3 Å². The van der Waals surface area contributed by atoms with Gasteiger partial charge in [-0.25, -0.2) is 0 Å². The summed E-state index contributed by atoms with van der Waals surface area (Å²) >= 11 is 11.2. The van der Waals surface area contributed by atoms with Gasteiger partial charge in [0.2, 0.25) is 0 Å². The summed E-state index contributed by atoms with van der Waals surface area (Å²) in [6.07, 6.45) is 0. The van der Waals surface area contributed by atoms with Crippen LogP contribution in [0.2, 0.25) is 0 Å². The van der Waals surface area contributed by atoms with Crippen LogP contribution in [0.3, 0.4) is 0 Å². The monoisotopic (exact) mass is 554 g/mol. The molecular weight excluding hydrogens is 529 g/mol. The van der Waals surface area contributed by atoms with Crippen LogP contribution < -0.4 is 29.6 Å². The van der Waals surface area contributed by atoms with Crippen LogP contribution in [0.25, 0.3) is 0 Å². The molecule has 2 aromatic carbocycles. The molecule has 5 heteroatoms. The largest absolute Gasteiger partial charge is 1.00 e. The minimum Gasteiger partial charge on any atom is -1.00 e. The molecule has 0 fully saturated rings. The Morgan fingerprint density at radius 3 is 1.65 bits per heavy atom. The molecule has 0 amide bonds. The van der Waals surface area contributed by atoms with E-state index in [1.807, 2.05) is 25.1 Å². The summed E-state index contributed by atoms with van der Waals surface area (Å²) in [5.74, 6) is 0.653. The molecule has 0 unspecified atom stereocenters. The number of rotatable bonds is 1. The zero-order valence-corrected chi connectivity index (χ0v) is 21.6. The van der Waals surface area contributed by atoms with Crippen molar-refractivity contribution in [1.29, 1.82) is 0 Å². The Kier molecular flexibility index (Phi) is 20.3. The van der Waals surface area contributed by atoms with Gasteiger partial charge in [0.15, 0.2) is 0 Å². The van der Waals surface area contributed by atoms with Crippen molar-refractivity contribution in [3.63, 3.8) is 0 Å². The first-order valence-corrected chi connectivity index (χ1v) is 10.5. The van der Waals surface area contributed by atoms with Gasteiger partial charge in [-0.1, -0.05) is 67.4 Å². The molecule has 0 saturated carbocycles. The van der Waals surface area contributed by atoms with Crippen molar-refractivity contribution in [2.24, 2.45) is 0 Å². The van der Waals surface area contributed by atoms with E-state index in [-0.39, 0.29) is 38.4 Å². The van der Waals surface area contributed by atoms with E-state index in [0.717, 1.165) is 9.79 Å². The van der Waals surface area contributed by atoms with Crippen molar-refractivity contribution in [2.45, 2.75) is 43.4 Å². The van der Waals surface area contributed by atoms with Crippen molar-refractivity contribution in [3.05, 3.63) is 66.6 Å². The van der Waals surface area contributed by atoms with Gasteiger partial charge in [0, 0.05) is 0 Å². The second-order valence-electron chi connectivity index (χ2n) is 5.02. The molecule has 0 bridgehead atoms. The van der Waals surface area contributed by atoms with Gasteiger partial charge in [0.1, 0.15) is 0 Å². The Morgan fingerprint density at radius 1 is 0.870 bits per heavy atom. The second-order valence-corrected chi connectivity index (χ2v) is 5.90. The summed E-state index contributed by atoms with van der Waals surface area (Å²) < 4.78 is 0. The van der Waals surface area contributed by atoms with E-state index in [1.165, 1.54) is 34.3 Å². The molecule has 2 aromatic rings. The van der Waals surface area contributed by atoms with Gasteiger partial charge in [-0.2, -0.15) is 9.79 Å². The molecule has 0 heterocycles. The summed E-state index contributed by atoms with van der Waals surface area (Å²) in [7, 11) is 4.67. The zero-order valence-electron chi connectivity index (χ0n) is 15.7. The van der Waals surface area contributed by atoms with E-state index in [9.17, 15) is 0 Å². The molecule has 0 saturated heterocycles. The van der Waals surface area contributed by atoms with E-state index in [0.29, 0.717) is 5.92 Å². The first-order valence-electron chi connectivity index (χ1n) is 6.54. The average Bonchev–Trinajstić information content (AvgIpc) is 2.46. The standard InChI is InChI=1S/C10H14.C7H8S2.CH3.ClH.Na.Os.H/c1-8(2)10-6-4-9(3)5-7-10;1-5-2-3-6(8)7(9)4-5;;;;;/h4-8H,1-3H3;2-4,8-9H,1H3;1H3;1H;;;/q;;-1;;2*+1;-1/p-3. The van der Waals surface area contributed by atoms with Crippen LogP contribution in [0.1, 0.15) is 37.9 Å². The van der Waals surface area contributed by atoms with E-state index >= 15 is 0 Å². The Morgan fingerprint density at radius 2 is 1.30 bits per heavy atom. The molecule has 0 atom stereocenters. The third kappa shape index (κ3) is 12.8. The SMILES string of the molecule is Cc1ccc(C(C)C)cc1.Cc1ccc([S-])c([S-])c1.[CH3-].[Cl][Os].[H-].[Na+]. The fourth-order valence-corrected chi connectivity index (χ4v) is 1.95. The Labute approximate surface area is 191 Å². The number of halogens is 1. The van der Waals surface area contributed by atoms with E-state index in [2.05, 4.69) is 54.7 Å². The third-order valence-electron chi connectivity index (χ3n) is 2.84. The summed E-state index contributed by atoms with van der Waals surface area (Å²) in [5, 5.41) is 0. The van der Waals surface area contributed by atoms with E-state index in [1.54, 1.807) is 0 Å². The Balaban J connectivity index is -0.000000136. The maximum Gasteiger partial charge on any atom is 1.00 e. The van der Waals surface area contributed by atoms with Crippen LogP contribution in [0.4, 0.5) is 0 Å². The summed E-state index contributed by atoms with van der Waals surface area (Å²) in [5.41, 5.74) is 3.93. The maximum absolute atomic E-state index is 4.94. The van der Waals surface area contributed by atoms with Gasteiger partial charge in [0.25, 0.3) is 0 Å². The van der Waals surface area contributed by atoms with E-state index < -0.39 is 0 Å². The van der Waals surface area contributed by atoms with Gasteiger partial charge >= 0.3 is 56.8 Å². The quantitative estimate of drug-likeness (QED) is 0.303. The molecule has 0 aromatic heterocycles. The molecule has 0 radical (unpaired) electrons. The molecular formula is C18H24ClNaOsS2-3.